The number of benzene rings is 1. The maximum absolute atomic E-state index is 4.28. The zero-order chi connectivity index (χ0) is 16.7. The Bertz CT molecular complexity index is 493. The molecule has 0 radical (unpaired) electrons. The maximum Gasteiger partial charge on any atom is 0.191 e. The summed E-state index contributed by atoms with van der Waals surface area (Å²) in [7, 11) is 1.82. The zero-order valence-corrected chi connectivity index (χ0v) is 17.8. The van der Waals surface area contributed by atoms with Crippen LogP contribution >= 0.6 is 24.0 Å². The molecule has 2 N–H and O–H groups in total. The minimum atomic E-state index is 0. The molecule has 0 amide bonds. The van der Waals surface area contributed by atoms with Gasteiger partial charge in [0.2, 0.25) is 0 Å². The number of guanidine groups is 1. The molecule has 136 valence electrons. The van der Waals surface area contributed by atoms with E-state index in [1.807, 2.05) is 7.05 Å². The minimum Gasteiger partial charge on any atom is -0.372 e. The number of hydrogen-bond donors (Lipinski definition) is 2. The Hall–Kier alpha value is -0.980. The van der Waals surface area contributed by atoms with Gasteiger partial charge in [-0.1, -0.05) is 26.0 Å². The third kappa shape index (κ3) is 6.49. The SMILES string of the molecule is CCC(C)NC(=NC)NCc1ccc(N2CCC(C)CC2)cc1.I. The van der Waals surface area contributed by atoms with Crippen molar-refractivity contribution < 1.29 is 0 Å². The van der Waals surface area contributed by atoms with Crippen LogP contribution in [0, 0.1) is 5.92 Å². The highest BCUT2D eigenvalue weighted by Crippen LogP contribution is 2.23. The predicted molar refractivity (Wildman–Crippen MR) is 116 cm³/mol. The molecule has 4 nitrogen and oxygen atoms in total. The van der Waals surface area contributed by atoms with E-state index in [0.717, 1.165) is 24.8 Å². The molecule has 1 aromatic carbocycles. The van der Waals surface area contributed by atoms with Crippen LogP contribution in [0.15, 0.2) is 29.3 Å². The van der Waals surface area contributed by atoms with Crippen LogP contribution in [0.1, 0.15) is 45.6 Å². The first-order chi connectivity index (χ1) is 11.1. The Kier molecular flexibility index (Phi) is 9.48. The Morgan fingerprint density at radius 3 is 2.42 bits per heavy atom. The fourth-order valence-electron chi connectivity index (χ4n) is 2.81. The quantitative estimate of drug-likeness (QED) is 0.410. The highest BCUT2D eigenvalue weighted by Gasteiger charge is 2.15. The van der Waals surface area contributed by atoms with Crippen molar-refractivity contribution in [2.24, 2.45) is 10.9 Å². The van der Waals surface area contributed by atoms with E-state index in [9.17, 15) is 0 Å². The van der Waals surface area contributed by atoms with Gasteiger partial charge in [-0.3, -0.25) is 4.99 Å². The molecule has 0 spiro atoms. The first-order valence-electron chi connectivity index (χ1n) is 8.93. The third-order valence-corrected chi connectivity index (χ3v) is 4.76. The summed E-state index contributed by atoms with van der Waals surface area (Å²) in [5, 5.41) is 6.77. The molecule has 1 atom stereocenters. The molecule has 1 aliphatic heterocycles. The fourth-order valence-corrected chi connectivity index (χ4v) is 2.81. The van der Waals surface area contributed by atoms with Crippen LogP contribution in [0.3, 0.4) is 0 Å². The van der Waals surface area contributed by atoms with Crippen molar-refractivity contribution >= 4 is 35.6 Å². The Labute approximate surface area is 164 Å². The number of piperidine rings is 1. The average molecular weight is 444 g/mol. The number of nitrogens with one attached hydrogen (secondary N) is 2. The van der Waals surface area contributed by atoms with Crippen molar-refractivity contribution in [3.05, 3.63) is 29.8 Å². The molecule has 0 saturated carbocycles. The van der Waals surface area contributed by atoms with E-state index in [-0.39, 0.29) is 24.0 Å². The number of nitrogens with zero attached hydrogens (tertiary/aromatic N) is 2. The van der Waals surface area contributed by atoms with Crippen molar-refractivity contribution in [3.63, 3.8) is 0 Å². The lowest BCUT2D eigenvalue weighted by Gasteiger charge is -2.32. The van der Waals surface area contributed by atoms with Crippen LogP contribution in [0.2, 0.25) is 0 Å². The molecule has 2 rings (SSSR count). The molecule has 1 aromatic rings. The van der Waals surface area contributed by atoms with E-state index in [4.69, 9.17) is 0 Å². The molecular formula is C19H33IN4. The molecule has 0 bridgehead atoms. The highest BCUT2D eigenvalue weighted by atomic mass is 127. The molecule has 0 aromatic heterocycles. The zero-order valence-electron chi connectivity index (χ0n) is 15.5. The second-order valence-corrected chi connectivity index (χ2v) is 6.72. The Morgan fingerprint density at radius 1 is 1.25 bits per heavy atom. The molecule has 1 fully saturated rings. The maximum atomic E-state index is 4.28. The van der Waals surface area contributed by atoms with Gasteiger partial charge in [0.1, 0.15) is 0 Å². The summed E-state index contributed by atoms with van der Waals surface area (Å²) in [6.07, 6.45) is 3.70. The van der Waals surface area contributed by atoms with Crippen molar-refractivity contribution in [2.75, 3.05) is 25.0 Å². The van der Waals surface area contributed by atoms with E-state index >= 15 is 0 Å². The molecule has 1 aliphatic rings. The summed E-state index contributed by atoms with van der Waals surface area (Å²) in [6, 6.07) is 9.37. The molecule has 1 heterocycles. The van der Waals surface area contributed by atoms with Gasteiger partial charge in [0, 0.05) is 38.4 Å². The first-order valence-corrected chi connectivity index (χ1v) is 8.93. The minimum absolute atomic E-state index is 0. The summed E-state index contributed by atoms with van der Waals surface area (Å²) in [6.45, 7) is 9.86. The van der Waals surface area contributed by atoms with E-state index in [1.165, 1.54) is 37.2 Å². The van der Waals surface area contributed by atoms with Crippen molar-refractivity contribution in [2.45, 2.75) is 52.6 Å². The van der Waals surface area contributed by atoms with Crippen LogP contribution in [-0.2, 0) is 6.54 Å². The van der Waals surface area contributed by atoms with Gasteiger partial charge in [-0.05, 0) is 49.8 Å². The Balaban J connectivity index is 0.00000288. The van der Waals surface area contributed by atoms with Gasteiger partial charge in [-0.25, -0.2) is 0 Å². The normalized spacial score (nSPS) is 17.2. The van der Waals surface area contributed by atoms with Crippen molar-refractivity contribution in [3.8, 4) is 0 Å². The summed E-state index contributed by atoms with van der Waals surface area (Å²) < 4.78 is 0. The van der Waals surface area contributed by atoms with Crippen LogP contribution in [0.4, 0.5) is 5.69 Å². The van der Waals surface area contributed by atoms with Gasteiger partial charge < -0.3 is 15.5 Å². The second-order valence-electron chi connectivity index (χ2n) is 6.72. The lowest BCUT2D eigenvalue weighted by molar-refractivity contribution is 0.438. The lowest BCUT2D eigenvalue weighted by atomic mass is 9.99. The van der Waals surface area contributed by atoms with E-state index < -0.39 is 0 Å². The smallest absolute Gasteiger partial charge is 0.191 e. The van der Waals surface area contributed by atoms with Crippen molar-refractivity contribution in [1.29, 1.82) is 0 Å². The Morgan fingerprint density at radius 2 is 1.88 bits per heavy atom. The molecular weight excluding hydrogens is 411 g/mol. The summed E-state index contributed by atoms with van der Waals surface area (Å²) in [4.78, 5) is 6.78. The van der Waals surface area contributed by atoms with Crippen LogP contribution in [0.25, 0.3) is 0 Å². The summed E-state index contributed by atoms with van der Waals surface area (Å²) in [5.74, 6) is 1.74. The largest absolute Gasteiger partial charge is 0.372 e. The number of rotatable bonds is 5. The standard InChI is InChI=1S/C19H32N4.HI/c1-5-16(3)22-19(20-4)21-14-17-6-8-18(9-7-17)23-12-10-15(2)11-13-23;/h6-9,15-16H,5,10-14H2,1-4H3,(H2,20,21,22);1H. The predicted octanol–water partition coefficient (Wildman–Crippen LogP) is 4.00. The topological polar surface area (TPSA) is 39.7 Å². The highest BCUT2D eigenvalue weighted by molar-refractivity contribution is 14.0. The third-order valence-electron chi connectivity index (χ3n) is 4.76. The lowest BCUT2D eigenvalue weighted by Crippen LogP contribution is -2.41. The van der Waals surface area contributed by atoms with Crippen LogP contribution in [0.5, 0.6) is 0 Å². The van der Waals surface area contributed by atoms with E-state index in [2.05, 4.69) is 65.6 Å². The molecule has 24 heavy (non-hydrogen) atoms. The number of aliphatic imine (C=N–C) groups is 1. The van der Waals surface area contributed by atoms with Crippen molar-refractivity contribution in [1.82, 2.24) is 10.6 Å². The second kappa shape index (κ2) is 10.8. The van der Waals surface area contributed by atoms with Gasteiger partial charge in [0.15, 0.2) is 5.96 Å². The van der Waals surface area contributed by atoms with Crippen LogP contribution in [-0.4, -0.2) is 32.1 Å². The van der Waals surface area contributed by atoms with Gasteiger partial charge in [-0.2, -0.15) is 0 Å². The molecule has 1 unspecified atom stereocenters. The van der Waals surface area contributed by atoms with Gasteiger partial charge in [0.05, 0.1) is 0 Å². The monoisotopic (exact) mass is 444 g/mol. The van der Waals surface area contributed by atoms with Gasteiger partial charge in [-0.15, -0.1) is 24.0 Å². The van der Waals surface area contributed by atoms with Gasteiger partial charge >= 0.3 is 0 Å². The first kappa shape index (κ1) is 21.1. The fraction of sp³-hybridized carbons (Fsp3) is 0.632. The average Bonchev–Trinajstić information content (AvgIpc) is 2.59. The number of hydrogen-bond acceptors (Lipinski definition) is 2. The van der Waals surface area contributed by atoms with E-state index in [0.29, 0.717) is 6.04 Å². The number of halogens is 1. The van der Waals surface area contributed by atoms with E-state index in [1.54, 1.807) is 0 Å². The summed E-state index contributed by atoms with van der Waals surface area (Å²) in [5.41, 5.74) is 2.63. The summed E-state index contributed by atoms with van der Waals surface area (Å²) >= 11 is 0. The van der Waals surface area contributed by atoms with Gasteiger partial charge in [0.25, 0.3) is 0 Å². The number of anilines is 1. The van der Waals surface area contributed by atoms with Crippen LogP contribution < -0.4 is 15.5 Å². The molecule has 5 heteroatoms. The molecule has 0 aliphatic carbocycles. The molecule has 1 saturated heterocycles.